The highest BCUT2D eigenvalue weighted by atomic mass is 16.5. The number of rotatable bonds is 7. The molecule has 0 saturated heterocycles. The standard InChI is InChI=1S/C33H28N2O5/c1-34(25-11-6-3-7-12-25)32(36)30-17-16-27(40-30)22-39-26-15-14-23-18-19-35(33(37)29-13-8-20-38-29)31(28(23)21-26)24-9-4-2-5-10-24/h2-17,20-21,31H,18-19,22H2,1H3. The van der Waals surface area contributed by atoms with Crippen molar-refractivity contribution in [3.05, 3.63) is 143 Å². The van der Waals surface area contributed by atoms with E-state index in [1.54, 1.807) is 36.2 Å². The lowest BCUT2D eigenvalue weighted by Crippen LogP contribution is -2.40. The molecule has 0 radical (unpaired) electrons. The van der Waals surface area contributed by atoms with Crippen molar-refractivity contribution in [2.45, 2.75) is 19.1 Å². The van der Waals surface area contributed by atoms with Crippen LogP contribution in [0, 0.1) is 0 Å². The number of hydrogen-bond acceptors (Lipinski definition) is 5. The van der Waals surface area contributed by atoms with Crippen molar-refractivity contribution in [1.29, 1.82) is 0 Å². The van der Waals surface area contributed by atoms with E-state index in [-0.39, 0.29) is 30.2 Å². The van der Waals surface area contributed by atoms with Crippen LogP contribution < -0.4 is 9.64 Å². The van der Waals surface area contributed by atoms with Gasteiger partial charge in [-0.25, -0.2) is 0 Å². The number of benzene rings is 3. The molecule has 6 rings (SSSR count). The lowest BCUT2D eigenvalue weighted by Gasteiger charge is -2.37. The van der Waals surface area contributed by atoms with E-state index in [1.807, 2.05) is 77.7 Å². The number of ether oxygens (including phenoxy) is 1. The molecule has 1 atom stereocenters. The van der Waals surface area contributed by atoms with Gasteiger partial charge in [0.25, 0.3) is 11.8 Å². The van der Waals surface area contributed by atoms with Crippen molar-refractivity contribution < 1.29 is 23.2 Å². The predicted molar refractivity (Wildman–Crippen MR) is 150 cm³/mol. The molecule has 0 fully saturated rings. The molecule has 200 valence electrons. The van der Waals surface area contributed by atoms with Gasteiger partial charge in [-0.05, 0) is 71.6 Å². The molecule has 5 aromatic rings. The molecule has 7 heteroatoms. The van der Waals surface area contributed by atoms with Crippen LogP contribution in [0.25, 0.3) is 0 Å². The quantitative estimate of drug-likeness (QED) is 0.239. The molecular weight excluding hydrogens is 504 g/mol. The van der Waals surface area contributed by atoms with E-state index >= 15 is 0 Å². The number of amides is 2. The minimum atomic E-state index is -0.285. The fourth-order valence-corrected chi connectivity index (χ4v) is 5.10. The maximum Gasteiger partial charge on any atom is 0.293 e. The molecule has 0 bridgehead atoms. The average molecular weight is 533 g/mol. The van der Waals surface area contributed by atoms with E-state index in [2.05, 4.69) is 6.07 Å². The Hall–Kier alpha value is -5.04. The third-order valence-electron chi connectivity index (χ3n) is 7.16. The Morgan fingerprint density at radius 2 is 1.68 bits per heavy atom. The number of para-hydroxylation sites is 1. The van der Waals surface area contributed by atoms with E-state index in [9.17, 15) is 9.59 Å². The molecule has 0 spiro atoms. The van der Waals surface area contributed by atoms with Gasteiger partial charge in [-0.15, -0.1) is 0 Å². The molecule has 0 saturated carbocycles. The Balaban J connectivity index is 1.22. The normalized spacial score (nSPS) is 14.4. The topological polar surface area (TPSA) is 76.1 Å². The van der Waals surface area contributed by atoms with E-state index < -0.39 is 0 Å². The van der Waals surface area contributed by atoms with Gasteiger partial charge >= 0.3 is 0 Å². The Morgan fingerprint density at radius 1 is 0.900 bits per heavy atom. The summed E-state index contributed by atoms with van der Waals surface area (Å²) < 4.78 is 17.4. The molecule has 3 aromatic carbocycles. The van der Waals surface area contributed by atoms with Crippen LogP contribution in [-0.2, 0) is 13.0 Å². The van der Waals surface area contributed by atoms with Crippen molar-refractivity contribution in [1.82, 2.24) is 4.90 Å². The summed E-state index contributed by atoms with van der Waals surface area (Å²) in [6.45, 7) is 0.735. The number of carbonyl (C=O) groups is 2. The van der Waals surface area contributed by atoms with Crippen LogP contribution in [0.5, 0.6) is 5.75 Å². The van der Waals surface area contributed by atoms with Crippen molar-refractivity contribution in [2.75, 3.05) is 18.5 Å². The highest BCUT2D eigenvalue weighted by Crippen LogP contribution is 2.38. The number of hydrogen-bond donors (Lipinski definition) is 0. The molecule has 40 heavy (non-hydrogen) atoms. The molecule has 1 unspecified atom stereocenters. The fraction of sp³-hybridized carbons (Fsp3) is 0.152. The summed E-state index contributed by atoms with van der Waals surface area (Å²) in [5.74, 6) is 1.36. The van der Waals surface area contributed by atoms with E-state index in [1.165, 1.54) is 11.8 Å². The molecular formula is C33H28N2O5. The first-order chi connectivity index (χ1) is 19.6. The van der Waals surface area contributed by atoms with Crippen LogP contribution in [0.3, 0.4) is 0 Å². The van der Waals surface area contributed by atoms with Gasteiger partial charge in [0, 0.05) is 19.3 Å². The number of carbonyl (C=O) groups excluding carboxylic acids is 2. The summed E-state index contributed by atoms with van der Waals surface area (Å²) in [5.41, 5.74) is 3.97. The Bertz CT molecular complexity index is 1610. The van der Waals surface area contributed by atoms with E-state index in [4.69, 9.17) is 13.6 Å². The maximum atomic E-state index is 13.4. The minimum Gasteiger partial charge on any atom is -0.486 e. The van der Waals surface area contributed by atoms with Crippen LogP contribution in [0.2, 0.25) is 0 Å². The highest BCUT2D eigenvalue weighted by Gasteiger charge is 2.34. The molecule has 7 nitrogen and oxygen atoms in total. The predicted octanol–water partition coefficient (Wildman–Crippen LogP) is 6.52. The summed E-state index contributed by atoms with van der Waals surface area (Å²) in [6.07, 6.45) is 2.24. The third-order valence-corrected chi connectivity index (χ3v) is 7.16. The smallest absolute Gasteiger partial charge is 0.293 e. The fourth-order valence-electron chi connectivity index (χ4n) is 5.10. The highest BCUT2D eigenvalue weighted by molar-refractivity contribution is 6.03. The largest absolute Gasteiger partial charge is 0.486 e. The van der Waals surface area contributed by atoms with Crippen LogP contribution in [0.15, 0.2) is 118 Å². The van der Waals surface area contributed by atoms with Gasteiger partial charge in [-0.1, -0.05) is 54.6 Å². The molecule has 1 aliphatic heterocycles. The van der Waals surface area contributed by atoms with Crippen LogP contribution in [0.4, 0.5) is 5.69 Å². The minimum absolute atomic E-state index is 0.149. The zero-order chi connectivity index (χ0) is 27.5. The molecule has 2 aromatic heterocycles. The van der Waals surface area contributed by atoms with Crippen LogP contribution in [0.1, 0.15) is 49.6 Å². The van der Waals surface area contributed by atoms with Crippen LogP contribution in [-0.4, -0.2) is 30.3 Å². The second kappa shape index (κ2) is 11.0. The molecule has 1 aliphatic rings. The second-order valence-electron chi connectivity index (χ2n) is 9.65. The van der Waals surface area contributed by atoms with Gasteiger partial charge in [0.15, 0.2) is 11.5 Å². The van der Waals surface area contributed by atoms with Crippen molar-refractivity contribution in [2.24, 2.45) is 0 Å². The van der Waals surface area contributed by atoms with Gasteiger partial charge < -0.3 is 23.4 Å². The number of nitrogens with zero attached hydrogens (tertiary/aromatic N) is 2. The third kappa shape index (κ3) is 5.01. The van der Waals surface area contributed by atoms with Crippen molar-refractivity contribution in [3.63, 3.8) is 0 Å². The summed E-state index contributed by atoms with van der Waals surface area (Å²) in [6, 6.07) is 31.9. The lowest BCUT2D eigenvalue weighted by molar-refractivity contribution is 0.0661. The Morgan fingerprint density at radius 3 is 2.42 bits per heavy atom. The van der Waals surface area contributed by atoms with Gasteiger partial charge in [-0.3, -0.25) is 9.59 Å². The zero-order valence-corrected chi connectivity index (χ0v) is 22.0. The number of fused-ring (bicyclic) bond motifs is 1. The zero-order valence-electron chi connectivity index (χ0n) is 22.0. The van der Waals surface area contributed by atoms with E-state index in [0.29, 0.717) is 23.8 Å². The SMILES string of the molecule is CN(C(=O)c1ccc(COc2ccc3c(c2)C(c2ccccc2)N(C(=O)c2ccco2)CC3)o1)c1ccccc1. The van der Waals surface area contributed by atoms with Crippen molar-refractivity contribution in [3.8, 4) is 5.75 Å². The molecule has 3 heterocycles. The number of anilines is 1. The molecule has 2 amide bonds. The Labute approximate surface area is 232 Å². The number of furan rings is 2. The maximum absolute atomic E-state index is 13.4. The summed E-state index contributed by atoms with van der Waals surface area (Å²) in [7, 11) is 1.71. The van der Waals surface area contributed by atoms with Gasteiger partial charge in [0.2, 0.25) is 0 Å². The van der Waals surface area contributed by atoms with E-state index in [0.717, 1.165) is 23.2 Å². The molecule has 0 aliphatic carbocycles. The first-order valence-electron chi connectivity index (χ1n) is 13.2. The first-order valence-corrected chi connectivity index (χ1v) is 13.2. The van der Waals surface area contributed by atoms with Gasteiger partial charge in [0.1, 0.15) is 18.1 Å². The molecule has 0 N–H and O–H groups in total. The van der Waals surface area contributed by atoms with Gasteiger partial charge in [-0.2, -0.15) is 0 Å². The van der Waals surface area contributed by atoms with Crippen LogP contribution >= 0.6 is 0 Å². The summed E-state index contributed by atoms with van der Waals surface area (Å²) in [5, 5.41) is 0. The Kier molecular flexibility index (Phi) is 6.93. The first kappa shape index (κ1) is 25.2. The van der Waals surface area contributed by atoms with Crippen molar-refractivity contribution >= 4 is 17.5 Å². The summed E-state index contributed by atoms with van der Waals surface area (Å²) in [4.78, 5) is 29.7. The van der Waals surface area contributed by atoms with Gasteiger partial charge in [0.05, 0.1) is 12.3 Å². The monoisotopic (exact) mass is 532 g/mol. The lowest BCUT2D eigenvalue weighted by atomic mass is 9.87. The average Bonchev–Trinajstić information content (AvgIpc) is 3.72. The second-order valence-corrected chi connectivity index (χ2v) is 9.65. The summed E-state index contributed by atoms with van der Waals surface area (Å²) >= 11 is 0.